The highest BCUT2D eigenvalue weighted by atomic mass is 19.1. The Morgan fingerprint density at radius 1 is 1.18 bits per heavy atom. The van der Waals surface area contributed by atoms with E-state index in [4.69, 9.17) is 0 Å². The van der Waals surface area contributed by atoms with Crippen LogP contribution in [-0.4, -0.2) is 40.6 Å². The van der Waals surface area contributed by atoms with Crippen LogP contribution in [0.4, 0.5) is 4.39 Å². The first-order valence-corrected chi connectivity index (χ1v) is 10.5. The molecular weight excluding hydrogens is 355 g/mol. The highest BCUT2D eigenvalue weighted by Gasteiger charge is 2.26. The van der Waals surface area contributed by atoms with Crippen LogP contribution < -0.4 is 5.32 Å². The Balaban J connectivity index is 1.35. The Morgan fingerprint density at radius 3 is 2.79 bits per heavy atom. The normalized spacial score (nSPS) is 18.0. The van der Waals surface area contributed by atoms with Gasteiger partial charge in [0.05, 0.1) is 11.7 Å². The number of nitrogens with zero attached hydrogens (tertiary/aromatic N) is 2. The van der Waals surface area contributed by atoms with Crippen LogP contribution in [0.2, 0.25) is 0 Å². The summed E-state index contributed by atoms with van der Waals surface area (Å²) in [6, 6.07) is 6.81. The van der Waals surface area contributed by atoms with E-state index >= 15 is 0 Å². The van der Waals surface area contributed by atoms with Gasteiger partial charge in [-0.25, -0.2) is 4.39 Å². The van der Waals surface area contributed by atoms with Crippen molar-refractivity contribution >= 4 is 5.91 Å². The van der Waals surface area contributed by atoms with E-state index in [9.17, 15) is 9.18 Å². The van der Waals surface area contributed by atoms with Crippen LogP contribution in [0.25, 0.3) is 0 Å². The van der Waals surface area contributed by atoms with Gasteiger partial charge in [-0.15, -0.1) is 0 Å². The van der Waals surface area contributed by atoms with E-state index < -0.39 is 0 Å². The minimum absolute atomic E-state index is 0.00750. The van der Waals surface area contributed by atoms with E-state index in [1.54, 1.807) is 6.07 Å². The average molecular weight is 384 g/mol. The van der Waals surface area contributed by atoms with E-state index in [2.05, 4.69) is 20.4 Å². The van der Waals surface area contributed by atoms with Crippen LogP contribution in [0.15, 0.2) is 24.3 Å². The standard InChI is InChI=1S/C22H29FN4O/c23-18-9-3-1-7-16(18)21(27-13-5-6-14-27)15-24-22(28)12-11-20-17-8-2-4-10-19(17)25-26-20/h1,3,7,9,21H,2,4-6,8,10-15H2,(H,24,28)(H,25,26). The summed E-state index contributed by atoms with van der Waals surface area (Å²) in [6.07, 6.45) is 7.87. The molecule has 0 spiro atoms. The number of carbonyl (C=O) groups is 1. The molecule has 1 aromatic carbocycles. The Hall–Kier alpha value is -2.21. The number of likely N-dealkylation sites (tertiary alicyclic amines) is 1. The topological polar surface area (TPSA) is 61.0 Å². The molecule has 2 heterocycles. The molecule has 28 heavy (non-hydrogen) atoms. The maximum absolute atomic E-state index is 14.4. The van der Waals surface area contributed by atoms with E-state index in [1.807, 2.05) is 12.1 Å². The van der Waals surface area contributed by atoms with Crippen LogP contribution in [-0.2, 0) is 24.1 Å². The van der Waals surface area contributed by atoms with Crippen molar-refractivity contribution in [1.29, 1.82) is 0 Å². The number of halogens is 1. The van der Waals surface area contributed by atoms with E-state index in [0.29, 0.717) is 24.9 Å². The summed E-state index contributed by atoms with van der Waals surface area (Å²) in [5, 5.41) is 10.6. The number of hydrogen-bond acceptors (Lipinski definition) is 3. The number of nitrogens with one attached hydrogen (secondary N) is 2. The van der Waals surface area contributed by atoms with E-state index in [0.717, 1.165) is 44.5 Å². The van der Waals surface area contributed by atoms with E-state index in [1.165, 1.54) is 30.2 Å². The quantitative estimate of drug-likeness (QED) is 0.770. The Kier molecular flexibility index (Phi) is 6.05. The third-order valence-electron chi connectivity index (χ3n) is 6.07. The number of benzene rings is 1. The molecule has 1 aromatic heterocycles. The van der Waals surface area contributed by atoms with Crippen molar-refractivity contribution in [3.63, 3.8) is 0 Å². The fourth-order valence-corrected chi connectivity index (χ4v) is 4.52. The Labute approximate surface area is 165 Å². The second-order valence-corrected chi connectivity index (χ2v) is 7.92. The maximum atomic E-state index is 14.4. The zero-order chi connectivity index (χ0) is 19.3. The molecule has 1 unspecified atom stereocenters. The molecule has 1 atom stereocenters. The molecule has 1 aliphatic carbocycles. The monoisotopic (exact) mass is 384 g/mol. The van der Waals surface area contributed by atoms with Crippen molar-refractivity contribution in [2.75, 3.05) is 19.6 Å². The summed E-state index contributed by atoms with van der Waals surface area (Å²) in [4.78, 5) is 14.8. The highest BCUT2D eigenvalue weighted by molar-refractivity contribution is 5.76. The third-order valence-corrected chi connectivity index (χ3v) is 6.07. The zero-order valence-electron chi connectivity index (χ0n) is 16.3. The van der Waals surface area contributed by atoms with Crippen LogP contribution in [0.1, 0.15) is 60.7 Å². The van der Waals surface area contributed by atoms with Gasteiger partial charge in [0, 0.05) is 30.6 Å². The van der Waals surface area contributed by atoms with Gasteiger partial charge in [0.25, 0.3) is 0 Å². The minimum Gasteiger partial charge on any atom is -0.354 e. The first kappa shape index (κ1) is 19.1. The van der Waals surface area contributed by atoms with Gasteiger partial charge in [-0.05, 0) is 63.2 Å². The Bertz CT molecular complexity index is 813. The molecule has 2 aliphatic rings. The smallest absolute Gasteiger partial charge is 0.220 e. The molecule has 1 aliphatic heterocycles. The summed E-state index contributed by atoms with van der Waals surface area (Å²) in [6.45, 7) is 2.35. The summed E-state index contributed by atoms with van der Waals surface area (Å²) < 4.78 is 14.4. The SMILES string of the molecule is O=C(CCc1n[nH]c2c1CCCC2)NCC(c1ccccc1F)N1CCCC1. The lowest BCUT2D eigenvalue weighted by Crippen LogP contribution is -2.37. The van der Waals surface area contributed by atoms with Crippen LogP contribution in [0, 0.1) is 5.82 Å². The Morgan fingerprint density at radius 2 is 1.96 bits per heavy atom. The number of fused-ring (bicyclic) bond motifs is 1. The van der Waals surface area contributed by atoms with Gasteiger partial charge in [-0.2, -0.15) is 5.10 Å². The lowest BCUT2D eigenvalue weighted by molar-refractivity contribution is -0.121. The fourth-order valence-electron chi connectivity index (χ4n) is 4.52. The second-order valence-electron chi connectivity index (χ2n) is 7.92. The van der Waals surface area contributed by atoms with Crippen LogP contribution in [0.3, 0.4) is 0 Å². The van der Waals surface area contributed by atoms with Gasteiger partial charge >= 0.3 is 0 Å². The van der Waals surface area contributed by atoms with Gasteiger partial charge in [0.15, 0.2) is 0 Å². The minimum atomic E-state index is -0.197. The number of hydrogen-bond donors (Lipinski definition) is 2. The summed E-state index contributed by atoms with van der Waals surface area (Å²) in [5.74, 6) is -0.190. The number of rotatable bonds is 7. The molecule has 0 bridgehead atoms. The molecule has 0 radical (unpaired) electrons. The predicted molar refractivity (Wildman–Crippen MR) is 107 cm³/mol. The largest absolute Gasteiger partial charge is 0.354 e. The first-order valence-electron chi connectivity index (χ1n) is 10.5. The third kappa shape index (κ3) is 4.27. The molecule has 4 rings (SSSR count). The van der Waals surface area contributed by atoms with Gasteiger partial charge in [-0.1, -0.05) is 18.2 Å². The number of amides is 1. The molecule has 1 saturated heterocycles. The number of aryl methyl sites for hydroxylation is 2. The summed E-state index contributed by atoms with van der Waals surface area (Å²) >= 11 is 0. The van der Waals surface area contributed by atoms with Crippen molar-refractivity contribution in [2.24, 2.45) is 0 Å². The average Bonchev–Trinajstić information content (AvgIpc) is 3.38. The molecular formula is C22H29FN4O. The van der Waals surface area contributed by atoms with Crippen molar-refractivity contribution < 1.29 is 9.18 Å². The lowest BCUT2D eigenvalue weighted by Gasteiger charge is -2.28. The van der Waals surface area contributed by atoms with Gasteiger partial charge in [0.2, 0.25) is 5.91 Å². The van der Waals surface area contributed by atoms with Gasteiger partial charge in [-0.3, -0.25) is 14.8 Å². The van der Waals surface area contributed by atoms with Crippen LogP contribution >= 0.6 is 0 Å². The maximum Gasteiger partial charge on any atom is 0.220 e. The van der Waals surface area contributed by atoms with Crippen molar-refractivity contribution in [2.45, 2.75) is 57.4 Å². The molecule has 6 heteroatoms. The molecule has 150 valence electrons. The van der Waals surface area contributed by atoms with Crippen molar-refractivity contribution in [3.8, 4) is 0 Å². The van der Waals surface area contributed by atoms with Crippen LogP contribution in [0.5, 0.6) is 0 Å². The molecule has 0 saturated carbocycles. The lowest BCUT2D eigenvalue weighted by atomic mass is 9.94. The summed E-state index contributed by atoms with van der Waals surface area (Å²) in [5.41, 5.74) is 4.27. The van der Waals surface area contributed by atoms with Gasteiger partial charge in [0.1, 0.15) is 5.82 Å². The molecule has 1 fully saturated rings. The zero-order valence-corrected chi connectivity index (χ0v) is 16.3. The number of aromatic nitrogens is 2. The van der Waals surface area contributed by atoms with Gasteiger partial charge < -0.3 is 5.32 Å². The number of H-pyrrole nitrogens is 1. The molecule has 2 aromatic rings. The predicted octanol–water partition coefficient (Wildman–Crippen LogP) is 3.31. The first-order chi connectivity index (χ1) is 13.7. The molecule has 2 N–H and O–H groups in total. The van der Waals surface area contributed by atoms with E-state index in [-0.39, 0.29) is 17.8 Å². The number of carbonyl (C=O) groups excluding carboxylic acids is 1. The summed E-state index contributed by atoms with van der Waals surface area (Å²) in [7, 11) is 0. The fraction of sp³-hybridized carbons (Fsp3) is 0.545. The molecule has 5 nitrogen and oxygen atoms in total. The van der Waals surface area contributed by atoms with Crippen molar-refractivity contribution in [1.82, 2.24) is 20.4 Å². The number of aromatic amines is 1. The highest BCUT2D eigenvalue weighted by Crippen LogP contribution is 2.27. The van der Waals surface area contributed by atoms with Crippen molar-refractivity contribution in [3.05, 3.63) is 52.6 Å². The second kappa shape index (κ2) is 8.86. The molecule has 1 amide bonds.